The number of rotatable bonds is 6. The van der Waals surface area contributed by atoms with E-state index in [-0.39, 0.29) is 18.2 Å². The summed E-state index contributed by atoms with van der Waals surface area (Å²) in [5.41, 5.74) is 0.782. The number of carbonyl (C=O) groups is 2. The van der Waals surface area contributed by atoms with Crippen LogP contribution in [0.25, 0.3) is 0 Å². The molecule has 1 atom stereocenters. The third-order valence-corrected chi connectivity index (χ3v) is 2.75. The Morgan fingerprint density at radius 2 is 2.05 bits per heavy atom. The summed E-state index contributed by atoms with van der Waals surface area (Å²) in [7, 11) is 1.55. The van der Waals surface area contributed by atoms with Crippen LogP contribution in [-0.2, 0) is 16.0 Å². The second-order valence-corrected chi connectivity index (χ2v) is 4.66. The van der Waals surface area contributed by atoms with Crippen molar-refractivity contribution < 1.29 is 19.4 Å². The maximum Gasteiger partial charge on any atom is 0.326 e. The van der Waals surface area contributed by atoms with Gasteiger partial charge in [-0.3, -0.25) is 4.79 Å². The standard InChI is InChI=1S/C14H19NO4/c1-9(2)13(14(17)18)15-12(16)8-10-5-4-6-11(7-10)19-3/h4-7,9,13H,8H2,1-3H3,(H,15,16)(H,17,18)/t13-/m0/s1. The molecule has 1 rings (SSSR count). The molecule has 0 aliphatic carbocycles. The molecule has 0 aromatic heterocycles. The Kier molecular flexibility index (Phi) is 5.36. The number of carboxylic acid groups (broad SMARTS) is 1. The molecule has 0 fully saturated rings. The van der Waals surface area contributed by atoms with Crippen molar-refractivity contribution in [3.05, 3.63) is 29.8 Å². The van der Waals surface area contributed by atoms with Gasteiger partial charge in [0, 0.05) is 0 Å². The van der Waals surface area contributed by atoms with Crippen molar-refractivity contribution in [1.29, 1.82) is 0 Å². The Morgan fingerprint density at radius 3 is 2.58 bits per heavy atom. The smallest absolute Gasteiger partial charge is 0.326 e. The molecule has 0 heterocycles. The number of benzene rings is 1. The van der Waals surface area contributed by atoms with Crippen LogP contribution >= 0.6 is 0 Å². The third-order valence-electron chi connectivity index (χ3n) is 2.75. The maximum atomic E-state index is 11.8. The van der Waals surface area contributed by atoms with E-state index in [1.54, 1.807) is 45.2 Å². The van der Waals surface area contributed by atoms with Crippen LogP contribution in [0, 0.1) is 5.92 Å². The monoisotopic (exact) mass is 265 g/mol. The van der Waals surface area contributed by atoms with Crippen molar-refractivity contribution in [2.45, 2.75) is 26.3 Å². The molecule has 0 aliphatic rings. The van der Waals surface area contributed by atoms with Crippen molar-refractivity contribution >= 4 is 11.9 Å². The van der Waals surface area contributed by atoms with E-state index >= 15 is 0 Å². The van der Waals surface area contributed by atoms with Crippen molar-refractivity contribution in [1.82, 2.24) is 5.32 Å². The number of nitrogens with one attached hydrogen (secondary N) is 1. The van der Waals surface area contributed by atoms with Crippen LogP contribution in [0.5, 0.6) is 5.75 Å². The molecule has 104 valence electrons. The maximum absolute atomic E-state index is 11.8. The Hall–Kier alpha value is -2.04. The Bertz CT molecular complexity index is 457. The summed E-state index contributed by atoms with van der Waals surface area (Å²) < 4.78 is 5.07. The molecule has 0 saturated heterocycles. The highest BCUT2D eigenvalue weighted by Gasteiger charge is 2.23. The molecule has 2 N–H and O–H groups in total. The molecule has 0 unspecified atom stereocenters. The molecule has 5 heteroatoms. The number of carboxylic acids is 1. The average Bonchev–Trinajstić information content (AvgIpc) is 2.35. The first-order chi connectivity index (χ1) is 8.93. The van der Waals surface area contributed by atoms with E-state index in [1.165, 1.54) is 0 Å². The first-order valence-corrected chi connectivity index (χ1v) is 6.09. The highest BCUT2D eigenvalue weighted by atomic mass is 16.5. The lowest BCUT2D eigenvalue weighted by Gasteiger charge is -2.17. The molecule has 1 aromatic carbocycles. The molecular formula is C14H19NO4. The minimum absolute atomic E-state index is 0.133. The zero-order chi connectivity index (χ0) is 14.4. The normalized spacial score (nSPS) is 12.0. The molecule has 1 aromatic rings. The molecule has 0 saturated carbocycles. The summed E-state index contributed by atoms with van der Waals surface area (Å²) in [6, 6.07) is 6.27. The van der Waals surface area contributed by atoms with E-state index in [4.69, 9.17) is 9.84 Å². The first kappa shape index (κ1) is 15.0. The summed E-state index contributed by atoms with van der Waals surface area (Å²) in [5, 5.41) is 11.5. The van der Waals surface area contributed by atoms with E-state index < -0.39 is 12.0 Å². The van der Waals surface area contributed by atoms with Gasteiger partial charge >= 0.3 is 5.97 Å². The topological polar surface area (TPSA) is 75.6 Å². The predicted molar refractivity (Wildman–Crippen MR) is 71.1 cm³/mol. The second-order valence-electron chi connectivity index (χ2n) is 4.66. The minimum Gasteiger partial charge on any atom is -0.497 e. The van der Waals surface area contributed by atoms with E-state index in [1.807, 2.05) is 0 Å². The number of amides is 1. The second kappa shape index (κ2) is 6.78. The average molecular weight is 265 g/mol. The van der Waals surface area contributed by atoms with Crippen molar-refractivity contribution in [2.24, 2.45) is 5.92 Å². The van der Waals surface area contributed by atoms with E-state index in [0.29, 0.717) is 5.75 Å². The van der Waals surface area contributed by atoms with Gasteiger partial charge in [0.25, 0.3) is 0 Å². The van der Waals surface area contributed by atoms with Crippen LogP contribution in [0.2, 0.25) is 0 Å². The molecule has 0 bridgehead atoms. The van der Waals surface area contributed by atoms with Gasteiger partial charge in [-0.2, -0.15) is 0 Å². The largest absolute Gasteiger partial charge is 0.497 e. The van der Waals surface area contributed by atoms with Crippen LogP contribution in [0.15, 0.2) is 24.3 Å². The van der Waals surface area contributed by atoms with Crippen LogP contribution < -0.4 is 10.1 Å². The number of hydrogen-bond acceptors (Lipinski definition) is 3. The van der Waals surface area contributed by atoms with Crippen molar-refractivity contribution in [2.75, 3.05) is 7.11 Å². The highest BCUT2D eigenvalue weighted by molar-refractivity contribution is 5.85. The van der Waals surface area contributed by atoms with Gasteiger partial charge in [0.05, 0.1) is 13.5 Å². The van der Waals surface area contributed by atoms with E-state index in [2.05, 4.69) is 5.32 Å². The van der Waals surface area contributed by atoms with Gasteiger partial charge in [0.2, 0.25) is 5.91 Å². The molecule has 19 heavy (non-hydrogen) atoms. The Morgan fingerprint density at radius 1 is 1.37 bits per heavy atom. The SMILES string of the molecule is COc1cccc(CC(=O)N[C@H](C(=O)O)C(C)C)c1. The van der Waals surface area contributed by atoms with Crippen LogP contribution in [0.3, 0.4) is 0 Å². The lowest BCUT2D eigenvalue weighted by atomic mass is 10.0. The third kappa shape index (κ3) is 4.62. The van der Waals surface area contributed by atoms with Gasteiger partial charge in [-0.1, -0.05) is 26.0 Å². The molecule has 0 aliphatic heterocycles. The van der Waals surface area contributed by atoms with Crippen LogP contribution in [0.4, 0.5) is 0 Å². The van der Waals surface area contributed by atoms with Gasteiger partial charge in [0.15, 0.2) is 0 Å². The molecule has 1 amide bonds. The summed E-state index contributed by atoms with van der Waals surface area (Å²) in [4.78, 5) is 22.8. The lowest BCUT2D eigenvalue weighted by molar-refractivity contribution is -0.143. The van der Waals surface area contributed by atoms with Crippen LogP contribution in [-0.4, -0.2) is 30.1 Å². The number of aliphatic carboxylic acids is 1. The van der Waals surface area contributed by atoms with Gasteiger partial charge in [-0.05, 0) is 23.6 Å². The fourth-order valence-corrected chi connectivity index (χ4v) is 1.71. The zero-order valence-corrected chi connectivity index (χ0v) is 11.3. The minimum atomic E-state index is -1.02. The van der Waals surface area contributed by atoms with Crippen molar-refractivity contribution in [3.63, 3.8) is 0 Å². The first-order valence-electron chi connectivity index (χ1n) is 6.09. The van der Waals surface area contributed by atoms with Crippen molar-refractivity contribution in [3.8, 4) is 5.75 Å². The van der Waals surface area contributed by atoms with E-state index in [9.17, 15) is 9.59 Å². The summed E-state index contributed by atoms with van der Waals surface area (Å²) in [6.45, 7) is 3.51. The van der Waals surface area contributed by atoms with Crippen LogP contribution in [0.1, 0.15) is 19.4 Å². The molecule has 0 radical (unpaired) electrons. The highest BCUT2D eigenvalue weighted by Crippen LogP contribution is 2.13. The molecular weight excluding hydrogens is 246 g/mol. The predicted octanol–water partition coefficient (Wildman–Crippen LogP) is 1.46. The van der Waals surface area contributed by atoms with Gasteiger partial charge < -0.3 is 15.2 Å². The Balaban J connectivity index is 2.66. The number of carbonyl (C=O) groups excluding carboxylic acids is 1. The fraction of sp³-hybridized carbons (Fsp3) is 0.429. The van der Waals surface area contributed by atoms with Gasteiger partial charge in [-0.15, -0.1) is 0 Å². The quantitative estimate of drug-likeness (QED) is 0.816. The fourth-order valence-electron chi connectivity index (χ4n) is 1.71. The van der Waals surface area contributed by atoms with Gasteiger partial charge in [0.1, 0.15) is 11.8 Å². The summed E-state index contributed by atoms with van der Waals surface area (Å²) in [5.74, 6) is -0.820. The van der Waals surface area contributed by atoms with E-state index in [0.717, 1.165) is 5.56 Å². The number of hydrogen-bond donors (Lipinski definition) is 2. The Labute approximate surface area is 112 Å². The lowest BCUT2D eigenvalue weighted by Crippen LogP contribution is -2.44. The van der Waals surface area contributed by atoms with Gasteiger partial charge in [-0.25, -0.2) is 4.79 Å². The number of methoxy groups -OCH3 is 1. The molecule has 5 nitrogen and oxygen atoms in total. The number of ether oxygens (including phenoxy) is 1. The summed E-state index contributed by atoms with van der Waals surface area (Å²) in [6.07, 6.45) is 0.133. The zero-order valence-electron chi connectivity index (χ0n) is 11.3. The summed E-state index contributed by atoms with van der Waals surface area (Å²) >= 11 is 0. The molecule has 0 spiro atoms.